The number of aryl methyl sites for hydroxylation is 2. The van der Waals surface area contributed by atoms with Crippen molar-refractivity contribution in [2.75, 3.05) is 0 Å². The number of hydrogen-bond donors (Lipinski definition) is 2. The molecule has 0 aliphatic rings. The topological polar surface area (TPSA) is 40.5 Å². The van der Waals surface area contributed by atoms with E-state index in [1.54, 1.807) is 0 Å². The van der Waals surface area contributed by atoms with Crippen LogP contribution in [0.5, 0.6) is 11.5 Å². The number of phenolic OH excluding ortho intramolecular Hbond substituents is 2. The molecule has 0 bridgehead atoms. The molecule has 0 spiro atoms. The van der Waals surface area contributed by atoms with Gasteiger partial charge < -0.3 is 10.2 Å². The van der Waals surface area contributed by atoms with Gasteiger partial charge in [-0.2, -0.15) is 0 Å². The van der Waals surface area contributed by atoms with Crippen molar-refractivity contribution in [2.24, 2.45) is 0 Å². The molecular formula is C41H68O2. The normalized spacial score (nSPS) is 11.4. The molecule has 2 heteroatoms. The number of hydrogen-bond acceptors (Lipinski definition) is 2. The minimum atomic E-state index is 0.358. The van der Waals surface area contributed by atoms with Crippen molar-refractivity contribution in [3.05, 3.63) is 58.7 Å². The molecular weight excluding hydrogens is 524 g/mol. The number of phenols is 2. The van der Waals surface area contributed by atoms with Crippen LogP contribution in [0.4, 0.5) is 0 Å². The standard InChI is InChI=1S/C41H68O2/c1-3-5-7-9-11-13-15-17-19-21-23-25-27-36-29-31-38(40(42)33-36)35-39-32-30-37(34-41(39)43)28-26-24-22-20-18-16-14-12-10-8-6-4-2/h29-34,42-43H,3-28,35H2,1-2H3. The second kappa shape index (κ2) is 25.4. The molecule has 0 unspecified atom stereocenters. The lowest BCUT2D eigenvalue weighted by Crippen LogP contribution is -1.94. The fourth-order valence-electron chi connectivity index (χ4n) is 6.37. The highest BCUT2D eigenvalue weighted by Crippen LogP contribution is 2.28. The van der Waals surface area contributed by atoms with Crippen LogP contribution >= 0.6 is 0 Å². The number of rotatable bonds is 28. The molecule has 2 nitrogen and oxygen atoms in total. The number of benzene rings is 2. The highest BCUT2D eigenvalue weighted by atomic mass is 16.3. The first-order valence-corrected chi connectivity index (χ1v) is 18.8. The molecule has 0 aliphatic heterocycles. The minimum Gasteiger partial charge on any atom is -0.508 e. The van der Waals surface area contributed by atoms with Crippen molar-refractivity contribution in [3.63, 3.8) is 0 Å². The van der Waals surface area contributed by atoms with E-state index in [1.165, 1.54) is 165 Å². The lowest BCUT2D eigenvalue weighted by Gasteiger charge is -2.11. The maximum Gasteiger partial charge on any atom is 0.119 e. The van der Waals surface area contributed by atoms with Crippen LogP contribution in [0.15, 0.2) is 36.4 Å². The predicted molar refractivity (Wildman–Crippen MR) is 189 cm³/mol. The average Bonchev–Trinajstić information content (AvgIpc) is 3.00. The largest absolute Gasteiger partial charge is 0.508 e. The summed E-state index contributed by atoms with van der Waals surface area (Å²) in [6.45, 7) is 4.56. The average molecular weight is 593 g/mol. The van der Waals surface area contributed by atoms with E-state index < -0.39 is 0 Å². The quantitative estimate of drug-likeness (QED) is 0.0965. The second-order valence-corrected chi connectivity index (χ2v) is 13.4. The van der Waals surface area contributed by atoms with E-state index in [2.05, 4.69) is 26.0 Å². The lowest BCUT2D eigenvalue weighted by molar-refractivity contribution is 0.462. The molecule has 0 saturated carbocycles. The molecule has 0 amide bonds. The summed E-state index contributed by atoms with van der Waals surface area (Å²) in [7, 11) is 0. The predicted octanol–water partition coefficient (Wildman–Crippen LogP) is 13.2. The molecule has 0 fully saturated rings. The Morgan fingerprint density at radius 3 is 0.930 bits per heavy atom. The Labute approximate surface area is 267 Å². The summed E-state index contributed by atoms with van der Waals surface area (Å²) in [5, 5.41) is 21.4. The molecule has 0 aliphatic carbocycles. The number of unbranched alkanes of at least 4 members (excludes halogenated alkanes) is 22. The molecule has 0 saturated heterocycles. The van der Waals surface area contributed by atoms with E-state index >= 15 is 0 Å². The second-order valence-electron chi connectivity index (χ2n) is 13.4. The molecule has 2 aromatic rings. The monoisotopic (exact) mass is 593 g/mol. The third kappa shape index (κ3) is 18.4. The summed E-state index contributed by atoms with van der Waals surface area (Å²) in [6, 6.07) is 12.3. The number of aromatic hydroxyl groups is 2. The van der Waals surface area contributed by atoms with Gasteiger partial charge in [0.15, 0.2) is 0 Å². The Morgan fingerprint density at radius 1 is 0.372 bits per heavy atom. The summed E-state index contributed by atoms with van der Waals surface area (Å²) in [4.78, 5) is 0. The van der Waals surface area contributed by atoms with Crippen LogP contribution in [0.25, 0.3) is 0 Å². The van der Waals surface area contributed by atoms with Crippen LogP contribution in [-0.2, 0) is 19.3 Å². The summed E-state index contributed by atoms with van der Waals surface area (Å²) in [5.74, 6) is 0.716. The van der Waals surface area contributed by atoms with E-state index in [4.69, 9.17) is 0 Å². The van der Waals surface area contributed by atoms with Gasteiger partial charge in [-0.05, 0) is 60.1 Å². The molecule has 0 aromatic heterocycles. The van der Waals surface area contributed by atoms with Gasteiger partial charge in [0.1, 0.15) is 11.5 Å². The van der Waals surface area contributed by atoms with Crippen LogP contribution < -0.4 is 0 Å². The van der Waals surface area contributed by atoms with Gasteiger partial charge in [0.05, 0.1) is 0 Å². The Kier molecular flexibility index (Phi) is 22.0. The molecule has 2 aromatic carbocycles. The maximum atomic E-state index is 10.7. The maximum absolute atomic E-state index is 10.7. The zero-order chi connectivity index (χ0) is 30.8. The van der Waals surface area contributed by atoms with Crippen molar-refractivity contribution < 1.29 is 10.2 Å². The van der Waals surface area contributed by atoms with Crippen LogP contribution in [0.3, 0.4) is 0 Å². The van der Waals surface area contributed by atoms with Gasteiger partial charge in [-0.15, -0.1) is 0 Å². The fourth-order valence-corrected chi connectivity index (χ4v) is 6.37. The van der Waals surface area contributed by atoms with Gasteiger partial charge in [-0.25, -0.2) is 0 Å². The van der Waals surface area contributed by atoms with Crippen LogP contribution in [0.1, 0.15) is 190 Å². The Hall–Kier alpha value is -1.96. The third-order valence-electron chi connectivity index (χ3n) is 9.32. The van der Waals surface area contributed by atoms with E-state index in [9.17, 15) is 10.2 Å². The van der Waals surface area contributed by atoms with E-state index in [0.717, 1.165) is 24.0 Å². The van der Waals surface area contributed by atoms with E-state index in [-0.39, 0.29) is 0 Å². The van der Waals surface area contributed by atoms with Crippen molar-refractivity contribution in [1.29, 1.82) is 0 Å². The zero-order valence-corrected chi connectivity index (χ0v) is 28.5. The van der Waals surface area contributed by atoms with Gasteiger partial charge in [-0.1, -0.05) is 179 Å². The van der Waals surface area contributed by atoms with Gasteiger partial charge in [0, 0.05) is 6.42 Å². The molecule has 2 rings (SSSR count). The van der Waals surface area contributed by atoms with Crippen molar-refractivity contribution in [2.45, 2.75) is 187 Å². The summed E-state index contributed by atoms with van der Waals surface area (Å²) in [6.07, 6.45) is 35.3. The van der Waals surface area contributed by atoms with Crippen LogP contribution in [-0.4, -0.2) is 10.2 Å². The SMILES string of the molecule is CCCCCCCCCCCCCCc1ccc(Cc2ccc(CCCCCCCCCCCCCC)cc2O)c(O)c1. The Balaban J connectivity index is 1.56. The van der Waals surface area contributed by atoms with Gasteiger partial charge in [-0.3, -0.25) is 0 Å². The minimum absolute atomic E-state index is 0.358. The molecule has 0 radical (unpaired) electrons. The summed E-state index contributed by atoms with van der Waals surface area (Å²) in [5.41, 5.74) is 4.22. The summed E-state index contributed by atoms with van der Waals surface area (Å²) < 4.78 is 0. The van der Waals surface area contributed by atoms with Gasteiger partial charge in [0.2, 0.25) is 0 Å². The molecule has 0 atom stereocenters. The van der Waals surface area contributed by atoms with Gasteiger partial charge in [0.25, 0.3) is 0 Å². The third-order valence-corrected chi connectivity index (χ3v) is 9.32. The zero-order valence-electron chi connectivity index (χ0n) is 28.5. The molecule has 2 N–H and O–H groups in total. The Bertz CT molecular complexity index is 858. The van der Waals surface area contributed by atoms with Crippen molar-refractivity contribution in [3.8, 4) is 11.5 Å². The fraction of sp³-hybridized carbons (Fsp3) is 0.707. The first kappa shape index (κ1) is 37.2. The smallest absolute Gasteiger partial charge is 0.119 e. The van der Waals surface area contributed by atoms with Crippen LogP contribution in [0, 0.1) is 0 Å². The van der Waals surface area contributed by atoms with Crippen molar-refractivity contribution >= 4 is 0 Å². The molecule has 244 valence electrons. The molecule has 0 heterocycles. The highest BCUT2D eigenvalue weighted by Gasteiger charge is 2.09. The lowest BCUT2D eigenvalue weighted by atomic mass is 9.97. The van der Waals surface area contributed by atoms with E-state index in [0.29, 0.717) is 17.9 Å². The van der Waals surface area contributed by atoms with Gasteiger partial charge >= 0.3 is 0 Å². The highest BCUT2D eigenvalue weighted by molar-refractivity contribution is 5.44. The van der Waals surface area contributed by atoms with E-state index in [1.807, 2.05) is 24.3 Å². The first-order valence-electron chi connectivity index (χ1n) is 18.8. The van der Waals surface area contributed by atoms with Crippen molar-refractivity contribution in [1.82, 2.24) is 0 Å². The van der Waals surface area contributed by atoms with Crippen LogP contribution in [0.2, 0.25) is 0 Å². The summed E-state index contributed by atoms with van der Waals surface area (Å²) >= 11 is 0. The first-order chi connectivity index (χ1) is 21.1. The molecule has 43 heavy (non-hydrogen) atoms. The Morgan fingerprint density at radius 2 is 0.651 bits per heavy atom.